The molecule has 0 saturated heterocycles. The Balaban J connectivity index is 0.000000146. The molecule has 0 aromatic heterocycles. The van der Waals surface area contributed by atoms with Crippen molar-refractivity contribution in [2.24, 2.45) is 46.6 Å². The number of hydrogen-bond acceptors (Lipinski definition) is 4. The van der Waals surface area contributed by atoms with Gasteiger partial charge in [-0.3, -0.25) is 19.2 Å². The van der Waals surface area contributed by atoms with Crippen LogP contribution in [0.2, 0.25) is 20.1 Å². The van der Waals surface area contributed by atoms with Gasteiger partial charge in [-0.25, -0.2) is 0 Å². The van der Waals surface area contributed by atoms with Crippen molar-refractivity contribution in [3.05, 3.63) is 158 Å². The number of rotatable bonds is 4. The second kappa shape index (κ2) is 21.0. The standard InChI is InChI=1S/4C15H16ClNO/c3*1-8-5-9-6-13-10(12(9)7-14(8)16)3-2-4-11(13)15(17)18;1-8-5-9(16)6-13-10-3-2-4-11(15(17)18)14(10)7-12(8)13/h3*5,7,11H,2-4,6H2,1H3,(H2,17,18);5-6,11H,2-4,7H2,1H3,(H2,17,18)/i2D2,3D2,5D,7D,11D;2D2,3D2,7D,11D;2*2D2,4D2. The summed E-state index contributed by atoms with van der Waals surface area (Å²) in [4.78, 5) is 47.6. The third-order valence-corrected chi connectivity index (χ3v) is 15.3. The smallest absolute Gasteiger partial charge is 0.224 e. The van der Waals surface area contributed by atoms with Crippen molar-refractivity contribution in [1.82, 2.24) is 0 Å². The van der Waals surface area contributed by atoms with Gasteiger partial charge in [-0.05, 0) is 272 Å². The second-order valence-corrected chi connectivity index (χ2v) is 20.0. The Kier molecular flexibility index (Phi) is 9.22. The summed E-state index contributed by atoms with van der Waals surface area (Å²) >= 11 is 24.5. The van der Waals surface area contributed by atoms with Crippen LogP contribution in [-0.2, 0) is 44.9 Å². The van der Waals surface area contributed by atoms with Crippen LogP contribution in [0.5, 0.6) is 0 Å². The molecule has 4 atom stereocenters. The molecule has 4 unspecified atom stereocenters. The normalized spacial score (nSPS) is 33.7. The van der Waals surface area contributed by atoms with Crippen LogP contribution in [0.15, 0.2) is 70.8 Å². The van der Waals surface area contributed by atoms with Crippen LogP contribution in [-0.4, -0.2) is 23.6 Å². The van der Waals surface area contributed by atoms with Crippen LogP contribution in [0.4, 0.5) is 0 Å². The summed E-state index contributed by atoms with van der Waals surface area (Å²) in [6, 6.07) is 8.66. The number of allylic oxidation sites excluding steroid dienone is 4. The summed E-state index contributed by atoms with van der Waals surface area (Å²) in [5.74, 6) is -10.4. The summed E-state index contributed by atoms with van der Waals surface area (Å²) in [5, 5.41) is 1.26. The van der Waals surface area contributed by atoms with Gasteiger partial charge in [0.25, 0.3) is 0 Å². The van der Waals surface area contributed by atoms with E-state index in [-0.39, 0.29) is 92.8 Å². The lowest BCUT2D eigenvalue weighted by Crippen LogP contribution is -2.27. The van der Waals surface area contributed by atoms with Gasteiger partial charge in [0.1, 0.15) is 0 Å². The number of fused-ring (bicyclic) bond motifs is 8. The maximum Gasteiger partial charge on any atom is 0.224 e. The predicted molar refractivity (Wildman–Crippen MR) is 293 cm³/mol. The zero-order chi connectivity index (χ0) is 70.2. The van der Waals surface area contributed by atoms with Gasteiger partial charge in [0.15, 0.2) is 0 Å². The Morgan fingerprint density at radius 2 is 0.972 bits per heavy atom. The third-order valence-electron chi connectivity index (χ3n) is 13.9. The first-order valence-corrected chi connectivity index (χ1v) is 24.5. The lowest BCUT2D eigenvalue weighted by atomic mass is 9.82. The summed E-state index contributed by atoms with van der Waals surface area (Å²) in [7, 11) is 0. The minimum atomic E-state index is -2.55. The van der Waals surface area contributed by atoms with Crippen LogP contribution in [0.1, 0.15) is 172 Å². The molecule has 12 heteroatoms. The molecule has 8 N–H and O–H groups in total. The molecule has 4 aromatic carbocycles. The number of primary amides is 4. The van der Waals surface area contributed by atoms with Crippen molar-refractivity contribution >= 4 is 92.3 Å². The lowest BCUT2D eigenvalue weighted by molar-refractivity contribution is -0.121. The van der Waals surface area contributed by atoms with Crippen LogP contribution >= 0.6 is 46.4 Å². The summed E-state index contributed by atoms with van der Waals surface area (Å²) in [5.41, 5.74) is 31.5. The molecular weight excluding hydrogens is 982 g/mol. The fourth-order valence-electron chi connectivity index (χ4n) is 10.3. The summed E-state index contributed by atoms with van der Waals surface area (Å²) in [6.45, 7) is 7.07. The number of carbonyl (C=O) groups excluding carboxylic acids is 4. The van der Waals surface area contributed by atoms with E-state index in [1.54, 1.807) is 32.0 Å². The van der Waals surface area contributed by atoms with Gasteiger partial charge in [0, 0.05) is 44.8 Å². The van der Waals surface area contributed by atoms with Gasteiger partial charge >= 0.3 is 0 Å². The van der Waals surface area contributed by atoms with E-state index in [2.05, 4.69) is 0 Å². The molecule has 0 saturated carbocycles. The Bertz CT molecular complexity index is 4180. The van der Waals surface area contributed by atoms with E-state index in [1.807, 2.05) is 26.0 Å². The Labute approximate surface area is 473 Å². The largest absolute Gasteiger partial charge is 0.369 e. The molecule has 0 heterocycles. The quantitative estimate of drug-likeness (QED) is 0.159. The van der Waals surface area contributed by atoms with E-state index in [4.69, 9.17) is 98.1 Å². The Morgan fingerprint density at radius 3 is 1.53 bits per heavy atom. The first-order valence-electron chi connectivity index (χ1n) is 33.5. The number of carbonyl (C=O) groups is 4. The zero-order valence-electron chi connectivity index (χ0n) is 60.7. The van der Waals surface area contributed by atoms with Crippen molar-refractivity contribution in [3.8, 4) is 0 Å². The first kappa shape index (κ1) is 31.6. The van der Waals surface area contributed by atoms with Crippen molar-refractivity contribution < 1.29 is 48.0 Å². The van der Waals surface area contributed by atoms with E-state index in [9.17, 15) is 19.2 Å². The van der Waals surface area contributed by atoms with Crippen LogP contribution in [0.25, 0.3) is 22.3 Å². The molecule has 0 radical (unpaired) electrons. The van der Waals surface area contributed by atoms with Gasteiger partial charge < -0.3 is 22.9 Å². The molecule has 376 valence electrons. The van der Waals surface area contributed by atoms with Crippen molar-refractivity contribution in [1.29, 1.82) is 0 Å². The highest BCUT2D eigenvalue weighted by Crippen LogP contribution is 2.49. The molecule has 4 amide bonds. The van der Waals surface area contributed by atoms with Gasteiger partial charge in [-0.1, -0.05) is 64.6 Å². The van der Waals surface area contributed by atoms with Gasteiger partial charge in [-0.2, -0.15) is 0 Å². The van der Waals surface area contributed by atoms with E-state index in [1.165, 1.54) is 0 Å². The lowest BCUT2D eigenvalue weighted by Gasteiger charge is -2.22. The molecule has 72 heavy (non-hydrogen) atoms. The molecule has 0 bridgehead atoms. The number of aryl methyl sites for hydroxylation is 3. The minimum Gasteiger partial charge on any atom is -0.369 e. The van der Waals surface area contributed by atoms with Gasteiger partial charge in [-0.15, -0.1) is 0 Å². The summed E-state index contributed by atoms with van der Waals surface area (Å²) in [6.07, 6.45) is -19.7. The monoisotopic (exact) mass is 1070 g/mol. The highest BCUT2D eigenvalue weighted by atomic mass is 35.5. The van der Waals surface area contributed by atoms with Gasteiger partial charge in [0.05, 0.1) is 27.7 Å². The average molecular weight is 1070 g/mol. The number of halogens is 4. The van der Waals surface area contributed by atoms with E-state index < -0.39 is 111 Å². The molecule has 8 aliphatic carbocycles. The number of amides is 4. The maximum atomic E-state index is 12.0. The molecule has 4 aromatic rings. The van der Waals surface area contributed by atoms with Crippen LogP contribution in [0, 0.1) is 51.3 Å². The number of hydrogen-bond donors (Lipinski definition) is 4. The molecule has 0 fully saturated rings. The number of nitrogens with two attached hydrogens (primary N) is 4. The maximum absolute atomic E-state index is 12.0. The summed E-state index contributed by atoms with van der Waals surface area (Å²) < 4.78 is 172. The molecular formula is C60H64Cl4N4O4. The highest BCUT2D eigenvalue weighted by molar-refractivity contribution is 6.32. The molecule has 0 spiro atoms. The Morgan fingerprint density at radius 1 is 0.500 bits per heavy atom. The highest BCUT2D eigenvalue weighted by Gasteiger charge is 2.37. The van der Waals surface area contributed by atoms with Crippen molar-refractivity contribution in [2.75, 3.05) is 0 Å². The van der Waals surface area contributed by atoms with Gasteiger partial charge in [0.2, 0.25) is 23.6 Å². The zero-order valence-corrected chi connectivity index (χ0v) is 42.7. The minimum absolute atomic E-state index is 0.00795. The molecule has 8 aliphatic rings. The molecule has 8 nitrogen and oxygen atoms in total. The third kappa shape index (κ3) is 9.98. The van der Waals surface area contributed by atoms with Crippen molar-refractivity contribution in [2.45, 2.75) is 130 Å². The fourth-order valence-corrected chi connectivity index (χ4v) is 11.0. The second-order valence-electron chi connectivity index (χ2n) is 18.4. The van der Waals surface area contributed by atoms with Crippen molar-refractivity contribution in [3.63, 3.8) is 0 Å². The predicted octanol–water partition coefficient (Wildman–Crippen LogP) is 13.0. The SMILES string of the molecule is [2H]C1([2H])CC2=C(Cc3c(C)cc(Cl)cc32)C(C(N)=O)C1([2H])[2H].[2H]C1([2H])CC2=C(Cc3cc(C)c(Cl)cc32)C(C(N)=O)C1([2H])[2H].[2H]c1c(C)c(Cl)c([2H])c2c1CC1=C2C([2H])([2H])C([2H])([2H])CC1([2H])C(N)=O.[2H]c1c(Cl)c(C)cc2c1C1=C(C2)C([2H])(C(N)=O)CC([2H])([2H])C1([2H])[2H]. The average Bonchev–Trinajstić information content (AvgIpc) is 1.62. The number of benzene rings is 4. The van der Waals surface area contributed by atoms with Crippen LogP contribution in [0.3, 0.4) is 0 Å². The van der Waals surface area contributed by atoms with E-state index in [0.29, 0.717) is 61.9 Å². The van der Waals surface area contributed by atoms with E-state index >= 15 is 0 Å². The molecule has 12 rings (SSSR count). The topological polar surface area (TPSA) is 172 Å². The first-order chi connectivity index (χ1) is 42.2. The molecule has 0 aliphatic heterocycles. The van der Waals surface area contributed by atoms with E-state index in [0.717, 1.165) is 33.4 Å². The van der Waals surface area contributed by atoms with Crippen LogP contribution < -0.4 is 22.9 Å². The Hall–Kier alpha value is -5.12. The fraction of sp³-hybridized carbons (Fsp3) is 0.400.